The molecule has 0 aliphatic rings. The Kier molecular flexibility index (Phi) is 9.36. The van der Waals surface area contributed by atoms with Crippen molar-refractivity contribution in [2.45, 2.75) is 45.6 Å². The second kappa shape index (κ2) is 12.2. The maximum atomic E-state index is 11.4. The molecule has 0 bridgehead atoms. The lowest BCUT2D eigenvalue weighted by Gasteiger charge is -2.26. The van der Waals surface area contributed by atoms with Gasteiger partial charge >= 0.3 is 0 Å². The van der Waals surface area contributed by atoms with Gasteiger partial charge in [-0.05, 0) is 55.8 Å². The zero-order valence-electron chi connectivity index (χ0n) is 20.1. The first-order chi connectivity index (χ1) is 16.0. The molecule has 1 N–H and O–H groups in total. The minimum absolute atomic E-state index is 0.577. The van der Waals surface area contributed by atoms with E-state index in [0.29, 0.717) is 23.1 Å². The molecule has 0 spiro atoms. The predicted octanol–water partition coefficient (Wildman–Crippen LogP) is 6.51. The molecular weight excluding hydrogens is 436 g/mol. The molecule has 0 fully saturated rings. The van der Waals surface area contributed by atoms with E-state index in [1.807, 2.05) is 42.5 Å². The number of fused-ring (bicyclic) bond motifs is 1. The molecule has 1 heterocycles. The van der Waals surface area contributed by atoms with Crippen LogP contribution in [-0.4, -0.2) is 48.8 Å². The maximum Gasteiger partial charge on any atom is 0.162 e. The molecule has 33 heavy (non-hydrogen) atoms. The highest BCUT2D eigenvalue weighted by Gasteiger charge is 2.20. The van der Waals surface area contributed by atoms with E-state index < -0.39 is 6.10 Å². The number of aromatic nitrogens is 1. The number of halogens is 1. The van der Waals surface area contributed by atoms with Crippen LogP contribution in [0.4, 0.5) is 0 Å². The summed E-state index contributed by atoms with van der Waals surface area (Å²) in [5, 5.41) is 13.0. The van der Waals surface area contributed by atoms with E-state index in [0.717, 1.165) is 66.5 Å². The Bertz CT molecular complexity index is 1030. The summed E-state index contributed by atoms with van der Waals surface area (Å²) in [6, 6.07) is 13.4. The van der Waals surface area contributed by atoms with E-state index >= 15 is 0 Å². The molecule has 6 heteroatoms. The van der Waals surface area contributed by atoms with Crippen molar-refractivity contribution in [3.8, 4) is 22.8 Å². The Morgan fingerprint density at radius 2 is 1.55 bits per heavy atom. The lowest BCUT2D eigenvalue weighted by Crippen LogP contribution is -2.31. The number of hydrogen-bond donors (Lipinski definition) is 1. The summed E-state index contributed by atoms with van der Waals surface area (Å²) in [6.07, 6.45) is 3.85. The standard InChI is InChI=1S/C27H35ClN2O3/c1-5-7-13-30(14-8-6-2)18-25(31)22-15-23(19-9-11-20(28)12-10-19)29-24-17-27(33-4)26(32-3)16-21(22)24/h9-12,15-17,25,31H,5-8,13-14,18H2,1-4H3. The number of aliphatic hydroxyl groups excluding tert-OH is 1. The van der Waals surface area contributed by atoms with Crippen LogP contribution in [0.5, 0.6) is 11.5 Å². The fourth-order valence-electron chi connectivity index (χ4n) is 4.02. The summed E-state index contributed by atoms with van der Waals surface area (Å²) in [7, 11) is 3.23. The zero-order chi connectivity index (χ0) is 23.8. The maximum absolute atomic E-state index is 11.4. The van der Waals surface area contributed by atoms with E-state index in [4.69, 9.17) is 26.1 Å². The Labute approximate surface area is 202 Å². The van der Waals surface area contributed by atoms with Gasteiger partial charge in [0.1, 0.15) is 0 Å². The van der Waals surface area contributed by atoms with Crippen molar-refractivity contribution >= 4 is 22.5 Å². The fourth-order valence-corrected chi connectivity index (χ4v) is 4.15. The summed E-state index contributed by atoms with van der Waals surface area (Å²) >= 11 is 6.09. The second-order valence-corrected chi connectivity index (χ2v) is 8.79. The quantitative estimate of drug-likeness (QED) is 0.327. The van der Waals surface area contributed by atoms with Crippen LogP contribution >= 0.6 is 11.6 Å². The molecule has 1 unspecified atom stereocenters. The monoisotopic (exact) mass is 470 g/mol. The van der Waals surface area contributed by atoms with Crippen LogP contribution in [0.25, 0.3) is 22.2 Å². The van der Waals surface area contributed by atoms with Gasteiger partial charge in [0.15, 0.2) is 11.5 Å². The molecule has 1 aromatic heterocycles. The smallest absolute Gasteiger partial charge is 0.162 e. The molecule has 3 aromatic rings. The molecule has 3 rings (SSSR count). The van der Waals surface area contributed by atoms with Gasteiger partial charge in [0, 0.05) is 28.6 Å². The van der Waals surface area contributed by atoms with Gasteiger partial charge in [0.05, 0.1) is 31.5 Å². The molecular formula is C27H35ClN2O3. The molecule has 2 aromatic carbocycles. The first kappa shape index (κ1) is 25.3. The van der Waals surface area contributed by atoms with Gasteiger partial charge in [-0.2, -0.15) is 0 Å². The molecule has 1 atom stereocenters. The topological polar surface area (TPSA) is 54.8 Å². The number of nitrogens with zero attached hydrogens (tertiary/aromatic N) is 2. The van der Waals surface area contributed by atoms with Crippen LogP contribution in [0.1, 0.15) is 51.2 Å². The van der Waals surface area contributed by atoms with Crippen LogP contribution in [0.3, 0.4) is 0 Å². The van der Waals surface area contributed by atoms with Crippen LogP contribution in [-0.2, 0) is 0 Å². The molecule has 0 aliphatic carbocycles. The summed E-state index contributed by atoms with van der Waals surface area (Å²) in [5.74, 6) is 1.23. The number of rotatable bonds is 12. The van der Waals surface area contributed by atoms with Crippen LogP contribution in [0.15, 0.2) is 42.5 Å². The molecule has 0 radical (unpaired) electrons. The van der Waals surface area contributed by atoms with Gasteiger partial charge in [-0.1, -0.05) is 50.4 Å². The van der Waals surface area contributed by atoms with Crippen molar-refractivity contribution < 1.29 is 14.6 Å². The highest BCUT2D eigenvalue weighted by Crippen LogP contribution is 2.37. The van der Waals surface area contributed by atoms with Gasteiger partial charge in [-0.15, -0.1) is 0 Å². The third-order valence-corrected chi connectivity index (χ3v) is 6.18. The van der Waals surface area contributed by atoms with E-state index in [2.05, 4.69) is 18.7 Å². The number of methoxy groups -OCH3 is 2. The van der Waals surface area contributed by atoms with Gasteiger partial charge in [0.25, 0.3) is 0 Å². The molecule has 0 aliphatic heterocycles. The van der Waals surface area contributed by atoms with Crippen molar-refractivity contribution in [1.29, 1.82) is 0 Å². The van der Waals surface area contributed by atoms with E-state index in [-0.39, 0.29) is 0 Å². The first-order valence-electron chi connectivity index (χ1n) is 11.7. The predicted molar refractivity (Wildman–Crippen MR) is 137 cm³/mol. The number of hydrogen-bond acceptors (Lipinski definition) is 5. The van der Waals surface area contributed by atoms with Gasteiger partial charge in [-0.3, -0.25) is 0 Å². The third kappa shape index (κ3) is 6.38. The lowest BCUT2D eigenvalue weighted by atomic mass is 9.99. The lowest BCUT2D eigenvalue weighted by molar-refractivity contribution is 0.112. The van der Waals surface area contributed by atoms with Crippen molar-refractivity contribution in [3.05, 3.63) is 53.1 Å². The first-order valence-corrected chi connectivity index (χ1v) is 12.1. The summed E-state index contributed by atoms with van der Waals surface area (Å²) < 4.78 is 11.0. The second-order valence-electron chi connectivity index (χ2n) is 8.35. The molecule has 5 nitrogen and oxygen atoms in total. The van der Waals surface area contributed by atoms with E-state index in [1.54, 1.807) is 14.2 Å². The van der Waals surface area contributed by atoms with Crippen molar-refractivity contribution in [2.24, 2.45) is 0 Å². The van der Waals surface area contributed by atoms with E-state index in [1.165, 1.54) is 0 Å². The Balaban J connectivity index is 2.08. The van der Waals surface area contributed by atoms with Gasteiger partial charge in [-0.25, -0.2) is 4.98 Å². The van der Waals surface area contributed by atoms with Gasteiger partial charge in [0.2, 0.25) is 0 Å². The Morgan fingerprint density at radius 1 is 0.939 bits per heavy atom. The molecule has 0 saturated heterocycles. The highest BCUT2D eigenvalue weighted by molar-refractivity contribution is 6.30. The van der Waals surface area contributed by atoms with Crippen LogP contribution < -0.4 is 9.47 Å². The normalized spacial score (nSPS) is 12.3. The van der Waals surface area contributed by atoms with Crippen LogP contribution in [0, 0.1) is 0 Å². The van der Waals surface area contributed by atoms with E-state index in [9.17, 15) is 5.11 Å². The van der Waals surface area contributed by atoms with Gasteiger partial charge < -0.3 is 19.5 Å². The highest BCUT2D eigenvalue weighted by atomic mass is 35.5. The molecule has 0 saturated carbocycles. The average Bonchev–Trinajstić information content (AvgIpc) is 2.84. The Morgan fingerprint density at radius 3 is 2.12 bits per heavy atom. The number of unbranched alkanes of at least 4 members (excludes halogenated alkanes) is 2. The number of aliphatic hydroxyl groups is 1. The average molecular weight is 471 g/mol. The minimum atomic E-state index is -0.659. The summed E-state index contributed by atoms with van der Waals surface area (Å²) in [6.45, 7) is 6.94. The van der Waals surface area contributed by atoms with Crippen molar-refractivity contribution in [1.82, 2.24) is 9.88 Å². The summed E-state index contributed by atoms with van der Waals surface area (Å²) in [4.78, 5) is 7.24. The van der Waals surface area contributed by atoms with Crippen molar-refractivity contribution in [3.63, 3.8) is 0 Å². The number of pyridine rings is 1. The largest absolute Gasteiger partial charge is 0.493 e. The zero-order valence-corrected chi connectivity index (χ0v) is 20.9. The van der Waals surface area contributed by atoms with Crippen LogP contribution in [0.2, 0.25) is 5.02 Å². The minimum Gasteiger partial charge on any atom is -0.493 e. The molecule has 0 amide bonds. The number of benzene rings is 2. The number of ether oxygens (including phenoxy) is 2. The third-order valence-electron chi connectivity index (χ3n) is 5.93. The Hall–Kier alpha value is -2.34. The van der Waals surface area contributed by atoms with Crippen molar-refractivity contribution in [2.75, 3.05) is 33.9 Å². The SMILES string of the molecule is CCCCN(CCCC)CC(O)c1cc(-c2ccc(Cl)cc2)nc2cc(OC)c(OC)cc12. The summed E-state index contributed by atoms with van der Waals surface area (Å²) in [5.41, 5.74) is 3.32. The molecule has 178 valence electrons. The fraction of sp³-hybridized carbons (Fsp3) is 0.444.